The van der Waals surface area contributed by atoms with Crippen LogP contribution in [0.15, 0.2) is 53.8 Å². The number of methoxy groups -OCH3 is 1. The zero-order valence-corrected chi connectivity index (χ0v) is 15.8. The summed E-state index contributed by atoms with van der Waals surface area (Å²) in [7, 11) is 1.51. The fraction of sp³-hybridized carbons (Fsp3) is 0.286. The largest absolute Gasteiger partial charge is 0.383 e. The SMILES string of the molecule is COCCN(C(C)=O)C1C(=O)c2ccccc2C(=O)C1=NCc1ccncc1. The van der Waals surface area contributed by atoms with E-state index in [4.69, 9.17) is 4.74 Å². The number of fused-ring (bicyclic) bond motifs is 1. The molecule has 0 aliphatic heterocycles. The Kier molecular flexibility index (Phi) is 6.06. The number of carbonyl (C=O) groups is 3. The molecule has 1 aliphatic rings. The maximum absolute atomic E-state index is 13.2. The summed E-state index contributed by atoms with van der Waals surface area (Å²) in [5.74, 6) is -0.966. The van der Waals surface area contributed by atoms with Crippen LogP contribution in [-0.2, 0) is 16.1 Å². The van der Waals surface area contributed by atoms with Crippen LogP contribution in [0, 0.1) is 0 Å². The van der Waals surface area contributed by atoms with Gasteiger partial charge in [-0.15, -0.1) is 0 Å². The average molecular weight is 379 g/mol. The standard InChI is InChI=1S/C21H21N3O4/c1-14(25)24(11-12-28-2)19-18(23-13-15-7-9-22-10-8-15)20(26)16-5-3-4-6-17(16)21(19)27/h3-10,19H,11-13H2,1-2H3. The molecule has 0 N–H and O–H groups in total. The molecule has 7 nitrogen and oxygen atoms in total. The molecule has 0 saturated carbocycles. The third-order valence-electron chi connectivity index (χ3n) is 4.61. The van der Waals surface area contributed by atoms with Crippen LogP contribution in [0.25, 0.3) is 0 Å². The van der Waals surface area contributed by atoms with Gasteiger partial charge in [0, 0.05) is 44.1 Å². The second-order valence-electron chi connectivity index (χ2n) is 6.40. The molecule has 28 heavy (non-hydrogen) atoms. The van der Waals surface area contributed by atoms with Gasteiger partial charge >= 0.3 is 0 Å². The van der Waals surface area contributed by atoms with Crippen LogP contribution in [0.1, 0.15) is 33.2 Å². The van der Waals surface area contributed by atoms with Crippen molar-refractivity contribution in [1.29, 1.82) is 0 Å². The van der Waals surface area contributed by atoms with E-state index in [0.717, 1.165) is 5.56 Å². The zero-order chi connectivity index (χ0) is 20.1. The Morgan fingerprint density at radius 1 is 1.14 bits per heavy atom. The van der Waals surface area contributed by atoms with Gasteiger partial charge in [-0.3, -0.25) is 24.4 Å². The number of ether oxygens (including phenoxy) is 1. The quantitative estimate of drug-likeness (QED) is 0.766. The number of amides is 1. The molecule has 144 valence electrons. The number of pyridine rings is 1. The number of rotatable bonds is 6. The smallest absolute Gasteiger partial charge is 0.220 e. The van der Waals surface area contributed by atoms with Crippen molar-refractivity contribution in [2.45, 2.75) is 19.5 Å². The van der Waals surface area contributed by atoms with Gasteiger partial charge in [0.1, 0.15) is 11.8 Å². The van der Waals surface area contributed by atoms with Gasteiger partial charge in [-0.1, -0.05) is 24.3 Å². The summed E-state index contributed by atoms with van der Waals surface area (Å²) in [5, 5.41) is 0. The Labute approximate surface area is 163 Å². The number of nitrogens with zero attached hydrogens (tertiary/aromatic N) is 3. The zero-order valence-electron chi connectivity index (χ0n) is 15.8. The summed E-state index contributed by atoms with van der Waals surface area (Å²) in [4.78, 5) is 48.4. The van der Waals surface area contributed by atoms with Crippen LogP contribution in [0.2, 0.25) is 0 Å². The van der Waals surface area contributed by atoms with Gasteiger partial charge in [-0.25, -0.2) is 0 Å². The topological polar surface area (TPSA) is 88.9 Å². The highest BCUT2D eigenvalue weighted by Gasteiger charge is 2.42. The molecule has 1 aromatic carbocycles. The number of aromatic nitrogens is 1. The van der Waals surface area contributed by atoms with Crippen LogP contribution in [0.5, 0.6) is 0 Å². The van der Waals surface area contributed by atoms with Gasteiger partial charge in [0.05, 0.1) is 13.2 Å². The second kappa shape index (κ2) is 8.67. The normalized spacial score (nSPS) is 17.5. The fourth-order valence-corrected chi connectivity index (χ4v) is 3.20. The van der Waals surface area contributed by atoms with Crippen molar-refractivity contribution in [2.24, 2.45) is 4.99 Å². The van der Waals surface area contributed by atoms with Crippen LogP contribution in [0.3, 0.4) is 0 Å². The highest BCUT2D eigenvalue weighted by atomic mass is 16.5. The first-order valence-electron chi connectivity index (χ1n) is 8.92. The molecule has 1 aliphatic carbocycles. The first-order chi connectivity index (χ1) is 13.5. The van der Waals surface area contributed by atoms with E-state index in [0.29, 0.717) is 11.1 Å². The summed E-state index contributed by atoms with van der Waals surface area (Å²) in [5.41, 5.74) is 1.55. The average Bonchev–Trinajstić information content (AvgIpc) is 2.71. The third-order valence-corrected chi connectivity index (χ3v) is 4.61. The van der Waals surface area contributed by atoms with Gasteiger partial charge in [0.15, 0.2) is 5.78 Å². The van der Waals surface area contributed by atoms with E-state index in [1.54, 1.807) is 48.8 Å². The van der Waals surface area contributed by atoms with Crippen LogP contribution < -0.4 is 0 Å². The van der Waals surface area contributed by atoms with Crippen molar-refractivity contribution in [1.82, 2.24) is 9.88 Å². The predicted octanol–water partition coefficient (Wildman–Crippen LogP) is 1.97. The highest BCUT2D eigenvalue weighted by Crippen LogP contribution is 2.24. The number of benzene rings is 1. The maximum atomic E-state index is 13.2. The molecule has 7 heteroatoms. The number of Topliss-reactive ketones (excluding diaryl/α,β-unsaturated/α-hetero) is 2. The maximum Gasteiger partial charge on any atom is 0.220 e. The number of hydrogen-bond donors (Lipinski definition) is 0. The van der Waals surface area contributed by atoms with E-state index in [1.807, 2.05) is 0 Å². The van der Waals surface area contributed by atoms with Gasteiger partial charge in [-0.05, 0) is 17.7 Å². The first kappa shape index (κ1) is 19.6. The molecule has 1 aromatic heterocycles. The van der Waals surface area contributed by atoms with E-state index >= 15 is 0 Å². The molecule has 1 amide bonds. The molecule has 0 fully saturated rings. The lowest BCUT2D eigenvalue weighted by Gasteiger charge is -2.33. The Balaban J connectivity index is 2.07. The molecular formula is C21H21N3O4. The van der Waals surface area contributed by atoms with Gasteiger partial charge < -0.3 is 9.64 Å². The summed E-state index contributed by atoms with van der Waals surface area (Å²) in [6, 6.07) is 9.15. The van der Waals surface area contributed by atoms with Crippen LogP contribution in [-0.4, -0.2) is 59.4 Å². The molecule has 3 rings (SSSR count). The van der Waals surface area contributed by atoms with Gasteiger partial charge in [0.25, 0.3) is 0 Å². The molecule has 2 aromatic rings. The molecule has 1 unspecified atom stereocenters. The second-order valence-corrected chi connectivity index (χ2v) is 6.40. The van der Waals surface area contributed by atoms with Crippen LogP contribution >= 0.6 is 0 Å². The van der Waals surface area contributed by atoms with Gasteiger partial charge in [-0.2, -0.15) is 0 Å². The lowest BCUT2D eigenvalue weighted by molar-refractivity contribution is -0.129. The number of hydrogen-bond acceptors (Lipinski definition) is 6. The van der Waals surface area contributed by atoms with Crippen molar-refractivity contribution in [2.75, 3.05) is 20.3 Å². The van der Waals surface area contributed by atoms with Crippen molar-refractivity contribution in [3.05, 3.63) is 65.5 Å². The fourth-order valence-electron chi connectivity index (χ4n) is 3.20. The predicted molar refractivity (Wildman–Crippen MR) is 104 cm³/mol. The minimum atomic E-state index is -1.06. The van der Waals surface area contributed by atoms with Gasteiger partial charge in [0.2, 0.25) is 11.7 Å². The van der Waals surface area contributed by atoms with E-state index in [2.05, 4.69) is 9.98 Å². The third kappa shape index (κ3) is 3.89. The number of ketones is 2. The molecule has 0 spiro atoms. The van der Waals surface area contributed by atoms with E-state index in [9.17, 15) is 14.4 Å². The molecule has 1 atom stereocenters. The minimum Gasteiger partial charge on any atom is -0.383 e. The first-order valence-corrected chi connectivity index (χ1v) is 8.92. The Bertz CT molecular complexity index is 924. The van der Waals surface area contributed by atoms with Crippen LogP contribution in [0.4, 0.5) is 0 Å². The summed E-state index contributed by atoms with van der Waals surface area (Å²) in [6.07, 6.45) is 3.27. The van der Waals surface area contributed by atoms with Crippen molar-refractivity contribution in [3.63, 3.8) is 0 Å². The highest BCUT2D eigenvalue weighted by molar-refractivity contribution is 6.55. The Morgan fingerprint density at radius 3 is 2.46 bits per heavy atom. The summed E-state index contributed by atoms with van der Waals surface area (Å²) >= 11 is 0. The number of aliphatic imine (C=N–C) groups is 1. The van der Waals surface area contributed by atoms with Crippen molar-refractivity contribution >= 4 is 23.2 Å². The van der Waals surface area contributed by atoms with E-state index in [1.165, 1.54) is 18.9 Å². The Hall–Kier alpha value is -3.19. The molecule has 0 radical (unpaired) electrons. The van der Waals surface area contributed by atoms with Crippen molar-refractivity contribution in [3.8, 4) is 0 Å². The molecule has 0 saturated heterocycles. The minimum absolute atomic E-state index is 0.0758. The Morgan fingerprint density at radius 2 is 1.82 bits per heavy atom. The van der Waals surface area contributed by atoms with E-state index in [-0.39, 0.29) is 42.9 Å². The van der Waals surface area contributed by atoms with Crippen molar-refractivity contribution < 1.29 is 19.1 Å². The number of carbonyl (C=O) groups excluding carboxylic acids is 3. The molecular weight excluding hydrogens is 358 g/mol. The lowest BCUT2D eigenvalue weighted by Crippen LogP contribution is -2.55. The lowest BCUT2D eigenvalue weighted by atomic mass is 9.83. The van der Waals surface area contributed by atoms with E-state index < -0.39 is 6.04 Å². The monoisotopic (exact) mass is 379 g/mol. The molecule has 1 heterocycles. The summed E-state index contributed by atoms with van der Waals surface area (Å²) in [6.45, 7) is 2.02. The molecule has 0 bridgehead atoms. The summed E-state index contributed by atoms with van der Waals surface area (Å²) < 4.78 is 5.07.